The van der Waals surface area contributed by atoms with Crippen LogP contribution in [-0.4, -0.2) is 27.6 Å². The maximum atomic E-state index is 13.5. The van der Waals surface area contributed by atoms with E-state index in [9.17, 15) is 8.78 Å². The van der Waals surface area contributed by atoms with Crippen LogP contribution in [0.3, 0.4) is 0 Å². The van der Waals surface area contributed by atoms with E-state index in [1.807, 2.05) is 11.5 Å². The molecular weight excluding hydrogens is 252 g/mol. The van der Waals surface area contributed by atoms with Gasteiger partial charge in [-0.05, 0) is 6.92 Å². The highest BCUT2D eigenvalue weighted by atomic mass is 19.1. The number of hydrogen-bond acceptors (Lipinski definition) is 4. The first-order valence-corrected chi connectivity index (χ1v) is 6.00. The number of nitrogens with one attached hydrogen (secondary N) is 2. The van der Waals surface area contributed by atoms with Crippen LogP contribution in [-0.2, 0) is 6.54 Å². The third-order valence-electron chi connectivity index (χ3n) is 2.50. The molecule has 0 aliphatic heterocycles. The van der Waals surface area contributed by atoms with Crippen LogP contribution in [0.2, 0.25) is 0 Å². The van der Waals surface area contributed by atoms with Gasteiger partial charge in [-0.2, -0.15) is 0 Å². The van der Waals surface area contributed by atoms with Gasteiger partial charge in [0.2, 0.25) is 0 Å². The van der Waals surface area contributed by atoms with E-state index in [0.29, 0.717) is 19.6 Å². The first kappa shape index (κ1) is 13.3. The molecule has 19 heavy (non-hydrogen) atoms. The van der Waals surface area contributed by atoms with Crippen molar-refractivity contribution >= 4 is 11.6 Å². The third-order valence-corrected chi connectivity index (χ3v) is 2.50. The molecule has 102 valence electrons. The number of rotatable bonds is 6. The second-order valence-corrected chi connectivity index (χ2v) is 3.91. The summed E-state index contributed by atoms with van der Waals surface area (Å²) in [5.74, 6) is -1.31. The van der Waals surface area contributed by atoms with E-state index in [-0.39, 0.29) is 11.6 Å². The zero-order chi connectivity index (χ0) is 13.7. The van der Waals surface area contributed by atoms with Gasteiger partial charge in [-0.25, -0.2) is 18.7 Å². The van der Waals surface area contributed by atoms with Crippen molar-refractivity contribution in [1.29, 1.82) is 0 Å². The Bertz CT molecular complexity index is 527. The van der Waals surface area contributed by atoms with E-state index in [2.05, 4.69) is 20.6 Å². The van der Waals surface area contributed by atoms with Gasteiger partial charge in [0.15, 0.2) is 23.3 Å². The number of imidazole rings is 1. The number of halogens is 2. The van der Waals surface area contributed by atoms with Crippen molar-refractivity contribution in [2.24, 2.45) is 0 Å². The number of pyridine rings is 1. The van der Waals surface area contributed by atoms with Crippen LogP contribution in [0.4, 0.5) is 20.4 Å². The molecule has 2 aromatic heterocycles. The molecule has 0 saturated heterocycles. The highest BCUT2D eigenvalue weighted by Gasteiger charge is 2.10. The predicted octanol–water partition coefficient (Wildman–Crippen LogP) is 2.10. The predicted molar refractivity (Wildman–Crippen MR) is 69.0 cm³/mol. The molecule has 0 unspecified atom stereocenters. The van der Waals surface area contributed by atoms with E-state index >= 15 is 0 Å². The Morgan fingerprint density at radius 1 is 1.21 bits per heavy atom. The molecule has 7 heteroatoms. The normalized spacial score (nSPS) is 10.5. The molecule has 0 bridgehead atoms. The van der Waals surface area contributed by atoms with Gasteiger partial charge in [0.1, 0.15) is 0 Å². The molecule has 0 atom stereocenters. The van der Waals surface area contributed by atoms with Gasteiger partial charge in [0, 0.05) is 38.1 Å². The van der Waals surface area contributed by atoms with Crippen LogP contribution in [0.25, 0.3) is 0 Å². The fourth-order valence-electron chi connectivity index (χ4n) is 1.60. The smallest absolute Gasteiger partial charge is 0.168 e. The standard InChI is InChI=1S/C12H15F2N5/c1-2-16-11-9(13)7-10(14)12(18-11)17-4-6-19-5-3-15-8-19/h3,5,7-8H,2,4,6H2,1H3,(H2,16,17,18). The minimum Gasteiger partial charge on any atom is -0.368 e. The summed E-state index contributed by atoms with van der Waals surface area (Å²) >= 11 is 0. The molecule has 2 aromatic rings. The summed E-state index contributed by atoms with van der Waals surface area (Å²) < 4.78 is 28.7. The lowest BCUT2D eigenvalue weighted by atomic mass is 10.4. The maximum Gasteiger partial charge on any atom is 0.168 e. The Morgan fingerprint density at radius 3 is 2.58 bits per heavy atom. The monoisotopic (exact) mass is 267 g/mol. The second kappa shape index (κ2) is 6.12. The van der Waals surface area contributed by atoms with Gasteiger partial charge in [-0.15, -0.1) is 0 Å². The lowest BCUT2D eigenvalue weighted by Gasteiger charge is -2.10. The Kier molecular flexibility index (Phi) is 4.27. The van der Waals surface area contributed by atoms with Crippen molar-refractivity contribution in [1.82, 2.24) is 14.5 Å². The van der Waals surface area contributed by atoms with E-state index < -0.39 is 11.6 Å². The topological polar surface area (TPSA) is 54.8 Å². The molecule has 2 N–H and O–H groups in total. The van der Waals surface area contributed by atoms with Crippen molar-refractivity contribution in [2.75, 3.05) is 23.7 Å². The van der Waals surface area contributed by atoms with Crippen LogP contribution in [0.1, 0.15) is 6.92 Å². The maximum absolute atomic E-state index is 13.5. The highest BCUT2D eigenvalue weighted by molar-refractivity contribution is 5.47. The van der Waals surface area contributed by atoms with Gasteiger partial charge in [0.05, 0.1) is 6.33 Å². The summed E-state index contributed by atoms with van der Waals surface area (Å²) in [7, 11) is 0. The molecule has 0 amide bonds. The lowest BCUT2D eigenvalue weighted by Crippen LogP contribution is -2.13. The van der Waals surface area contributed by atoms with E-state index in [0.717, 1.165) is 6.07 Å². The third kappa shape index (κ3) is 3.40. The molecular formula is C12H15F2N5. The fourth-order valence-corrected chi connectivity index (χ4v) is 1.60. The van der Waals surface area contributed by atoms with Crippen molar-refractivity contribution in [3.05, 3.63) is 36.4 Å². The average Bonchev–Trinajstić information content (AvgIpc) is 2.88. The van der Waals surface area contributed by atoms with Gasteiger partial charge in [0.25, 0.3) is 0 Å². The fraction of sp³-hybridized carbons (Fsp3) is 0.333. The van der Waals surface area contributed by atoms with E-state index in [1.165, 1.54) is 0 Å². The van der Waals surface area contributed by atoms with E-state index in [1.54, 1.807) is 18.7 Å². The van der Waals surface area contributed by atoms with Crippen molar-refractivity contribution < 1.29 is 8.78 Å². The van der Waals surface area contributed by atoms with Gasteiger partial charge in [-0.3, -0.25) is 0 Å². The number of hydrogen-bond donors (Lipinski definition) is 2. The Balaban J connectivity index is 2.00. The Hall–Kier alpha value is -2.18. The minimum atomic E-state index is -0.704. The molecule has 0 spiro atoms. The van der Waals surface area contributed by atoms with E-state index in [4.69, 9.17) is 0 Å². The number of anilines is 2. The van der Waals surface area contributed by atoms with Gasteiger partial charge >= 0.3 is 0 Å². The quantitative estimate of drug-likeness (QED) is 0.841. The summed E-state index contributed by atoms with van der Waals surface area (Å²) in [4.78, 5) is 7.78. The summed E-state index contributed by atoms with van der Waals surface area (Å²) in [6.07, 6.45) is 5.14. The zero-order valence-electron chi connectivity index (χ0n) is 10.5. The second-order valence-electron chi connectivity index (χ2n) is 3.91. The van der Waals surface area contributed by atoms with Crippen LogP contribution in [0.15, 0.2) is 24.8 Å². The van der Waals surface area contributed by atoms with Crippen LogP contribution in [0, 0.1) is 11.6 Å². The Labute approximate surface area is 109 Å². The molecule has 0 radical (unpaired) electrons. The van der Waals surface area contributed by atoms with Gasteiger partial charge < -0.3 is 15.2 Å². The van der Waals surface area contributed by atoms with Crippen molar-refractivity contribution in [2.45, 2.75) is 13.5 Å². The summed E-state index contributed by atoms with van der Waals surface area (Å²) in [5.41, 5.74) is 0. The number of aromatic nitrogens is 3. The molecule has 0 saturated carbocycles. The summed E-state index contributed by atoms with van der Waals surface area (Å²) in [5, 5.41) is 5.58. The van der Waals surface area contributed by atoms with Crippen molar-refractivity contribution in [3.8, 4) is 0 Å². The average molecular weight is 267 g/mol. The first-order chi connectivity index (χ1) is 9.20. The SMILES string of the molecule is CCNc1nc(NCCn2ccnc2)c(F)cc1F. The molecule has 0 fully saturated rings. The van der Waals surface area contributed by atoms with Crippen molar-refractivity contribution in [3.63, 3.8) is 0 Å². The summed E-state index contributed by atoms with van der Waals surface area (Å²) in [6.45, 7) is 3.42. The van der Waals surface area contributed by atoms with Crippen LogP contribution < -0.4 is 10.6 Å². The first-order valence-electron chi connectivity index (χ1n) is 6.00. The number of nitrogens with zero attached hydrogens (tertiary/aromatic N) is 3. The molecule has 0 aliphatic carbocycles. The van der Waals surface area contributed by atoms with Gasteiger partial charge in [-0.1, -0.05) is 0 Å². The molecule has 2 heterocycles. The lowest BCUT2D eigenvalue weighted by molar-refractivity contribution is 0.577. The largest absolute Gasteiger partial charge is 0.368 e. The molecule has 2 rings (SSSR count). The highest BCUT2D eigenvalue weighted by Crippen LogP contribution is 2.18. The van der Waals surface area contributed by atoms with Crippen LogP contribution in [0.5, 0.6) is 0 Å². The molecule has 5 nitrogen and oxygen atoms in total. The van der Waals surface area contributed by atoms with Crippen LogP contribution >= 0.6 is 0 Å². The Morgan fingerprint density at radius 2 is 1.95 bits per heavy atom. The molecule has 0 aromatic carbocycles. The minimum absolute atomic E-state index is 0.0393. The zero-order valence-corrected chi connectivity index (χ0v) is 10.5. The summed E-state index contributed by atoms with van der Waals surface area (Å²) in [6, 6.07) is 0.824. The molecule has 0 aliphatic rings.